The molecule has 4 rings (SSSR count). The zero-order chi connectivity index (χ0) is 16.0. The smallest absolute Gasteiger partial charge is 0.330 e. The van der Waals surface area contributed by atoms with Crippen LogP contribution < -0.4 is 11.1 Å². The number of ether oxygens (including phenoxy) is 1. The summed E-state index contributed by atoms with van der Waals surface area (Å²) in [6, 6.07) is 2.14. The number of fused-ring (bicyclic) bond motifs is 1. The second kappa shape index (κ2) is 5.40. The van der Waals surface area contributed by atoms with E-state index in [0.717, 1.165) is 26.1 Å². The Morgan fingerprint density at radius 2 is 2.30 bits per heavy atom. The third-order valence-corrected chi connectivity index (χ3v) is 5.73. The standard InChI is InChI=1S/C15H18N4O3S/c1-10-2-5-23-11(10)6-18-4-3-15(8-18)9-19-12(7-22-15)16-17-13(20)14(19)21/h2,5H,3-4,6-9H2,1H3,(H,17,20). The molecular weight excluding hydrogens is 316 g/mol. The van der Waals surface area contributed by atoms with Crippen LogP contribution in [0.4, 0.5) is 0 Å². The van der Waals surface area contributed by atoms with Crippen LogP contribution in [0.1, 0.15) is 22.7 Å². The number of thiophene rings is 1. The number of hydrogen-bond donors (Lipinski definition) is 1. The van der Waals surface area contributed by atoms with Crippen molar-refractivity contribution in [1.29, 1.82) is 0 Å². The maximum absolute atomic E-state index is 12.0. The van der Waals surface area contributed by atoms with Gasteiger partial charge in [0.05, 0.1) is 6.54 Å². The number of H-pyrrole nitrogens is 1. The second-order valence-corrected chi connectivity index (χ2v) is 7.32. The Labute approximate surface area is 136 Å². The highest BCUT2D eigenvalue weighted by molar-refractivity contribution is 7.10. The molecule has 1 atom stereocenters. The van der Waals surface area contributed by atoms with Crippen molar-refractivity contribution in [3.8, 4) is 0 Å². The van der Waals surface area contributed by atoms with Gasteiger partial charge in [-0.25, -0.2) is 5.10 Å². The van der Waals surface area contributed by atoms with Crippen LogP contribution in [0.15, 0.2) is 21.0 Å². The lowest BCUT2D eigenvalue weighted by atomic mass is 10.0. The predicted molar refractivity (Wildman–Crippen MR) is 85.6 cm³/mol. The molecule has 2 aliphatic rings. The fourth-order valence-electron chi connectivity index (χ4n) is 3.37. The van der Waals surface area contributed by atoms with E-state index < -0.39 is 16.7 Å². The first kappa shape index (κ1) is 14.8. The Bertz CT molecular complexity index is 855. The topological polar surface area (TPSA) is 80.2 Å². The highest BCUT2D eigenvalue weighted by atomic mass is 32.1. The summed E-state index contributed by atoms with van der Waals surface area (Å²) in [4.78, 5) is 27.3. The van der Waals surface area contributed by atoms with E-state index in [1.807, 2.05) is 0 Å². The molecule has 1 spiro atoms. The molecule has 4 heterocycles. The van der Waals surface area contributed by atoms with Gasteiger partial charge < -0.3 is 4.74 Å². The Morgan fingerprint density at radius 3 is 3.09 bits per heavy atom. The van der Waals surface area contributed by atoms with E-state index in [1.54, 1.807) is 11.3 Å². The molecule has 1 unspecified atom stereocenters. The molecule has 1 saturated heterocycles. The van der Waals surface area contributed by atoms with Crippen LogP contribution in [0.3, 0.4) is 0 Å². The van der Waals surface area contributed by atoms with Crippen molar-refractivity contribution in [1.82, 2.24) is 19.7 Å². The van der Waals surface area contributed by atoms with Crippen molar-refractivity contribution in [2.75, 3.05) is 13.1 Å². The van der Waals surface area contributed by atoms with E-state index in [0.29, 0.717) is 12.4 Å². The number of hydrogen-bond acceptors (Lipinski definition) is 6. The number of rotatable bonds is 2. The van der Waals surface area contributed by atoms with E-state index in [9.17, 15) is 9.59 Å². The van der Waals surface area contributed by atoms with E-state index in [2.05, 4.69) is 33.5 Å². The summed E-state index contributed by atoms with van der Waals surface area (Å²) in [6.45, 7) is 5.39. The maximum Gasteiger partial charge on any atom is 0.330 e. The molecule has 0 aliphatic carbocycles. The lowest BCUT2D eigenvalue weighted by Gasteiger charge is -2.34. The van der Waals surface area contributed by atoms with Gasteiger partial charge in [0, 0.05) is 24.5 Å². The third kappa shape index (κ3) is 2.56. The van der Waals surface area contributed by atoms with E-state index in [4.69, 9.17) is 4.74 Å². The number of aromatic nitrogens is 3. The van der Waals surface area contributed by atoms with E-state index >= 15 is 0 Å². The molecule has 0 aromatic carbocycles. The second-order valence-electron chi connectivity index (χ2n) is 6.32. The van der Waals surface area contributed by atoms with Crippen LogP contribution in [0.25, 0.3) is 0 Å². The SMILES string of the molecule is Cc1ccsc1CN1CCC2(C1)Cn1c(n[nH]c(=O)c1=O)CO2. The normalized spacial score (nSPS) is 24.2. The van der Waals surface area contributed by atoms with Crippen LogP contribution in [0.2, 0.25) is 0 Å². The predicted octanol–water partition coefficient (Wildman–Crippen LogP) is 0.476. The summed E-state index contributed by atoms with van der Waals surface area (Å²) in [5.74, 6) is 0.493. The van der Waals surface area contributed by atoms with Gasteiger partial charge in [0.25, 0.3) is 0 Å². The van der Waals surface area contributed by atoms with Crippen molar-refractivity contribution < 1.29 is 4.74 Å². The number of nitrogens with zero attached hydrogens (tertiary/aromatic N) is 3. The number of aryl methyl sites for hydroxylation is 1. The minimum atomic E-state index is -0.671. The van der Waals surface area contributed by atoms with Crippen molar-refractivity contribution >= 4 is 11.3 Å². The van der Waals surface area contributed by atoms with Crippen molar-refractivity contribution in [2.45, 2.75) is 38.6 Å². The summed E-state index contributed by atoms with van der Waals surface area (Å²) >= 11 is 1.77. The molecule has 2 aromatic rings. The molecule has 1 fully saturated rings. The summed E-state index contributed by atoms with van der Waals surface area (Å²) in [5, 5.41) is 8.25. The average molecular weight is 334 g/mol. The number of likely N-dealkylation sites (tertiary alicyclic amines) is 1. The van der Waals surface area contributed by atoms with Crippen LogP contribution >= 0.6 is 11.3 Å². The monoisotopic (exact) mass is 334 g/mol. The van der Waals surface area contributed by atoms with Crippen molar-refractivity contribution in [2.24, 2.45) is 0 Å². The van der Waals surface area contributed by atoms with Gasteiger partial charge in [-0.1, -0.05) is 0 Å². The minimum Gasteiger partial charge on any atom is -0.364 e. The number of nitrogens with one attached hydrogen (secondary N) is 1. The summed E-state index contributed by atoms with van der Waals surface area (Å²) in [7, 11) is 0. The van der Waals surface area contributed by atoms with Crippen LogP contribution in [-0.4, -0.2) is 38.4 Å². The van der Waals surface area contributed by atoms with Gasteiger partial charge in [-0.05, 0) is 30.4 Å². The van der Waals surface area contributed by atoms with Gasteiger partial charge in [0.2, 0.25) is 0 Å². The third-order valence-electron chi connectivity index (χ3n) is 4.72. The molecule has 122 valence electrons. The average Bonchev–Trinajstić information content (AvgIpc) is 3.12. The van der Waals surface area contributed by atoms with Gasteiger partial charge in [-0.3, -0.25) is 19.1 Å². The molecule has 1 N–H and O–H groups in total. The first-order valence-electron chi connectivity index (χ1n) is 7.64. The molecule has 0 amide bonds. The number of aromatic amines is 1. The van der Waals surface area contributed by atoms with Crippen LogP contribution in [-0.2, 0) is 24.4 Å². The van der Waals surface area contributed by atoms with E-state index in [-0.39, 0.29) is 6.61 Å². The summed E-state index contributed by atoms with van der Waals surface area (Å²) < 4.78 is 7.52. The molecule has 0 saturated carbocycles. The van der Waals surface area contributed by atoms with Gasteiger partial charge in [-0.2, -0.15) is 5.10 Å². The Kier molecular flexibility index (Phi) is 3.47. The molecule has 23 heavy (non-hydrogen) atoms. The fourth-order valence-corrected chi connectivity index (χ4v) is 4.31. The van der Waals surface area contributed by atoms with Crippen LogP contribution in [0.5, 0.6) is 0 Å². The highest BCUT2D eigenvalue weighted by Gasteiger charge is 2.43. The Balaban J connectivity index is 1.55. The molecular formula is C15H18N4O3S. The van der Waals surface area contributed by atoms with Gasteiger partial charge in [0.15, 0.2) is 5.82 Å². The Morgan fingerprint density at radius 1 is 1.43 bits per heavy atom. The lowest BCUT2D eigenvalue weighted by molar-refractivity contribution is -0.0853. The zero-order valence-electron chi connectivity index (χ0n) is 12.9. The molecule has 2 aromatic heterocycles. The Hall–Kier alpha value is -1.77. The van der Waals surface area contributed by atoms with Gasteiger partial charge in [-0.15, -0.1) is 11.3 Å². The zero-order valence-corrected chi connectivity index (χ0v) is 13.7. The maximum atomic E-state index is 12.0. The molecule has 0 radical (unpaired) electrons. The van der Waals surface area contributed by atoms with Gasteiger partial charge >= 0.3 is 11.1 Å². The molecule has 7 nitrogen and oxygen atoms in total. The van der Waals surface area contributed by atoms with E-state index in [1.165, 1.54) is 15.0 Å². The molecule has 2 aliphatic heterocycles. The van der Waals surface area contributed by atoms with Crippen LogP contribution in [0, 0.1) is 6.92 Å². The molecule has 0 bridgehead atoms. The molecule has 8 heteroatoms. The quantitative estimate of drug-likeness (QED) is 0.808. The summed E-state index contributed by atoms with van der Waals surface area (Å²) in [6.07, 6.45) is 0.857. The van der Waals surface area contributed by atoms with Crippen molar-refractivity contribution in [3.05, 3.63) is 48.4 Å². The summed E-state index contributed by atoms with van der Waals surface area (Å²) in [5.41, 5.74) is -0.282. The van der Waals surface area contributed by atoms with Gasteiger partial charge in [0.1, 0.15) is 12.2 Å². The lowest BCUT2D eigenvalue weighted by Crippen LogP contribution is -2.51. The first-order valence-corrected chi connectivity index (χ1v) is 8.52. The minimum absolute atomic E-state index is 0.262. The first-order chi connectivity index (χ1) is 11.1. The van der Waals surface area contributed by atoms with Crippen molar-refractivity contribution in [3.63, 3.8) is 0 Å². The fraction of sp³-hybridized carbons (Fsp3) is 0.533. The largest absolute Gasteiger partial charge is 0.364 e. The highest BCUT2D eigenvalue weighted by Crippen LogP contribution is 2.32.